The minimum atomic E-state index is -4.70. The van der Waals surface area contributed by atoms with Crippen molar-refractivity contribution in [2.24, 2.45) is 0 Å². The van der Waals surface area contributed by atoms with Crippen molar-refractivity contribution in [1.29, 1.82) is 0 Å². The van der Waals surface area contributed by atoms with Gasteiger partial charge in [0.1, 0.15) is 11.4 Å². The summed E-state index contributed by atoms with van der Waals surface area (Å²) in [6.45, 7) is 1.94. The second-order valence-electron chi connectivity index (χ2n) is 6.44. The lowest BCUT2D eigenvalue weighted by Crippen LogP contribution is -2.46. The third kappa shape index (κ3) is 3.26. The number of pyridine rings is 1. The highest BCUT2D eigenvalue weighted by Gasteiger charge is 2.38. The number of carbonyl (C=O) groups excluding carboxylic acids is 1. The van der Waals surface area contributed by atoms with E-state index in [0.29, 0.717) is 37.4 Å². The standard InChI is InChI=1S/C18H16F3N5O2/c19-18(20,21)15-14-12(17(28)26-7-5-22-6-8-26)9-13(23-16(14)25-24-15)10-1-3-11(27)4-2-10/h1-4,9,22,27H,5-8H2,(H,23,24,25). The smallest absolute Gasteiger partial charge is 0.433 e. The lowest BCUT2D eigenvalue weighted by Gasteiger charge is -2.27. The fourth-order valence-corrected chi connectivity index (χ4v) is 3.22. The quantitative estimate of drug-likeness (QED) is 0.624. The van der Waals surface area contributed by atoms with E-state index in [0.717, 1.165) is 0 Å². The molecule has 4 rings (SSSR count). The molecule has 7 nitrogen and oxygen atoms in total. The second kappa shape index (κ2) is 6.79. The highest BCUT2D eigenvalue weighted by molar-refractivity contribution is 6.07. The van der Waals surface area contributed by atoms with E-state index >= 15 is 0 Å². The Hall–Kier alpha value is -3.14. The molecule has 10 heteroatoms. The van der Waals surface area contributed by atoms with Gasteiger partial charge in [0, 0.05) is 31.7 Å². The van der Waals surface area contributed by atoms with Crippen LogP contribution in [0.2, 0.25) is 0 Å². The number of hydrogen-bond acceptors (Lipinski definition) is 5. The van der Waals surface area contributed by atoms with Gasteiger partial charge < -0.3 is 15.3 Å². The van der Waals surface area contributed by atoms with Gasteiger partial charge in [0.05, 0.1) is 16.6 Å². The zero-order valence-corrected chi connectivity index (χ0v) is 14.5. The number of H-pyrrole nitrogens is 1. The molecule has 0 bridgehead atoms. The van der Waals surface area contributed by atoms with Crippen molar-refractivity contribution in [1.82, 2.24) is 25.4 Å². The van der Waals surface area contributed by atoms with Gasteiger partial charge in [0.15, 0.2) is 5.65 Å². The number of nitrogens with zero attached hydrogens (tertiary/aromatic N) is 3. The number of phenolic OH excluding ortho intramolecular Hbond substituents is 1. The number of benzene rings is 1. The molecular formula is C18H16F3N5O2. The van der Waals surface area contributed by atoms with Crippen LogP contribution in [-0.4, -0.2) is 57.3 Å². The third-order valence-electron chi connectivity index (χ3n) is 4.61. The summed E-state index contributed by atoms with van der Waals surface area (Å²) in [7, 11) is 0. The van der Waals surface area contributed by atoms with Crippen molar-refractivity contribution in [3.8, 4) is 17.0 Å². The largest absolute Gasteiger partial charge is 0.508 e. The highest BCUT2D eigenvalue weighted by Crippen LogP contribution is 2.36. The minimum Gasteiger partial charge on any atom is -0.508 e. The molecule has 0 spiro atoms. The van der Waals surface area contributed by atoms with Gasteiger partial charge in [-0.05, 0) is 30.3 Å². The predicted molar refractivity (Wildman–Crippen MR) is 94.8 cm³/mol. The molecule has 0 atom stereocenters. The van der Waals surface area contributed by atoms with Gasteiger partial charge in [-0.25, -0.2) is 4.98 Å². The maximum Gasteiger partial charge on any atom is 0.433 e. The number of carbonyl (C=O) groups is 1. The number of nitrogens with one attached hydrogen (secondary N) is 2. The summed E-state index contributed by atoms with van der Waals surface area (Å²) in [4.78, 5) is 18.8. The number of aromatic amines is 1. The number of rotatable bonds is 2. The maximum atomic E-state index is 13.4. The average Bonchev–Trinajstić information content (AvgIpc) is 3.12. The SMILES string of the molecule is O=C(c1cc(-c2ccc(O)cc2)nc2n[nH]c(C(F)(F)F)c12)N1CCNCC1. The normalized spacial score (nSPS) is 15.2. The lowest BCUT2D eigenvalue weighted by molar-refractivity contribution is -0.139. The first kappa shape index (κ1) is 18.2. The Kier molecular flexibility index (Phi) is 4.42. The molecule has 1 fully saturated rings. The number of halogens is 3. The Balaban J connectivity index is 1.90. The first-order chi connectivity index (χ1) is 13.3. The third-order valence-corrected chi connectivity index (χ3v) is 4.61. The summed E-state index contributed by atoms with van der Waals surface area (Å²) < 4.78 is 40.3. The van der Waals surface area contributed by atoms with Crippen LogP contribution >= 0.6 is 0 Å². The zero-order valence-electron chi connectivity index (χ0n) is 14.5. The molecule has 2 aromatic heterocycles. The topological polar surface area (TPSA) is 94.1 Å². The molecule has 0 aliphatic carbocycles. The van der Waals surface area contributed by atoms with Gasteiger partial charge in [-0.2, -0.15) is 18.3 Å². The van der Waals surface area contributed by atoms with Gasteiger partial charge in [-0.3, -0.25) is 9.89 Å². The van der Waals surface area contributed by atoms with E-state index < -0.39 is 17.8 Å². The molecule has 1 aromatic carbocycles. The fraction of sp³-hybridized carbons (Fsp3) is 0.278. The number of hydrogen-bond donors (Lipinski definition) is 3. The minimum absolute atomic E-state index is 0.0427. The molecule has 28 heavy (non-hydrogen) atoms. The van der Waals surface area contributed by atoms with Crippen LogP contribution in [0.25, 0.3) is 22.3 Å². The monoisotopic (exact) mass is 391 g/mol. The number of aromatic nitrogens is 3. The fourth-order valence-electron chi connectivity index (χ4n) is 3.22. The van der Waals surface area contributed by atoms with Crippen LogP contribution in [0.3, 0.4) is 0 Å². The molecule has 0 radical (unpaired) electrons. The summed E-state index contributed by atoms with van der Waals surface area (Å²) in [5.74, 6) is -0.457. The number of alkyl halides is 3. The molecule has 3 aromatic rings. The van der Waals surface area contributed by atoms with Crippen LogP contribution in [0, 0.1) is 0 Å². The Bertz CT molecular complexity index is 1020. The van der Waals surface area contributed by atoms with E-state index in [2.05, 4.69) is 15.4 Å². The van der Waals surface area contributed by atoms with E-state index in [4.69, 9.17) is 0 Å². The van der Waals surface area contributed by atoms with Gasteiger partial charge >= 0.3 is 6.18 Å². The van der Waals surface area contributed by atoms with Crippen LogP contribution < -0.4 is 5.32 Å². The van der Waals surface area contributed by atoms with E-state index in [-0.39, 0.29) is 22.3 Å². The number of piperazine rings is 1. The Labute approximate surface area is 157 Å². The Morgan fingerprint density at radius 1 is 1.14 bits per heavy atom. The van der Waals surface area contributed by atoms with Crippen LogP contribution in [-0.2, 0) is 6.18 Å². The number of fused-ring (bicyclic) bond motifs is 1. The van der Waals surface area contributed by atoms with Gasteiger partial charge in [0.2, 0.25) is 0 Å². The van der Waals surface area contributed by atoms with Gasteiger partial charge in [-0.1, -0.05) is 0 Å². The van der Waals surface area contributed by atoms with Gasteiger partial charge in [0.25, 0.3) is 5.91 Å². The van der Waals surface area contributed by atoms with E-state index in [1.807, 2.05) is 5.10 Å². The summed E-state index contributed by atoms with van der Waals surface area (Å²) in [6, 6.07) is 7.36. The highest BCUT2D eigenvalue weighted by atomic mass is 19.4. The van der Waals surface area contributed by atoms with Crippen molar-refractivity contribution in [2.45, 2.75) is 6.18 Å². The van der Waals surface area contributed by atoms with E-state index in [1.54, 1.807) is 12.1 Å². The van der Waals surface area contributed by atoms with Crippen LogP contribution in [0.5, 0.6) is 5.75 Å². The molecule has 1 aliphatic heterocycles. The average molecular weight is 391 g/mol. The predicted octanol–water partition coefficient (Wildman–Crippen LogP) is 2.39. The van der Waals surface area contributed by atoms with Crippen LogP contribution in [0.1, 0.15) is 16.1 Å². The molecule has 0 unspecified atom stereocenters. The molecule has 146 valence electrons. The molecule has 0 saturated carbocycles. The maximum absolute atomic E-state index is 13.4. The van der Waals surface area contributed by atoms with E-state index in [9.17, 15) is 23.1 Å². The van der Waals surface area contributed by atoms with Gasteiger partial charge in [-0.15, -0.1) is 0 Å². The van der Waals surface area contributed by atoms with Crippen molar-refractivity contribution < 1.29 is 23.1 Å². The van der Waals surface area contributed by atoms with Crippen molar-refractivity contribution in [2.75, 3.05) is 26.2 Å². The molecule has 1 saturated heterocycles. The van der Waals surface area contributed by atoms with Crippen LogP contribution in [0.4, 0.5) is 13.2 Å². The van der Waals surface area contributed by atoms with Crippen molar-refractivity contribution in [3.63, 3.8) is 0 Å². The molecular weight excluding hydrogens is 375 g/mol. The summed E-state index contributed by atoms with van der Waals surface area (Å²) in [5.41, 5.74) is -0.532. The Morgan fingerprint density at radius 3 is 2.46 bits per heavy atom. The lowest BCUT2D eigenvalue weighted by atomic mass is 10.0. The first-order valence-corrected chi connectivity index (χ1v) is 8.60. The molecule has 3 N–H and O–H groups in total. The Morgan fingerprint density at radius 2 is 1.82 bits per heavy atom. The molecule has 1 amide bonds. The first-order valence-electron chi connectivity index (χ1n) is 8.60. The summed E-state index contributed by atoms with van der Waals surface area (Å²) in [5, 5.41) is 17.9. The van der Waals surface area contributed by atoms with Crippen molar-refractivity contribution in [3.05, 3.63) is 41.6 Å². The van der Waals surface area contributed by atoms with E-state index in [1.165, 1.54) is 23.1 Å². The second-order valence-corrected chi connectivity index (χ2v) is 6.44. The summed E-state index contributed by atoms with van der Waals surface area (Å²) in [6.07, 6.45) is -4.70. The number of phenols is 1. The molecule has 1 aliphatic rings. The number of amides is 1. The van der Waals surface area contributed by atoms with Crippen molar-refractivity contribution >= 4 is 16.9 Å². The van der Waals surface area contributed by atoms with Crippen LogP contribution in [0.15, 0.2) is 30.3 Å². The molecule has 3 heterocycles. The zero-order chi connectivity index (χ0) is 19.9. The number of aromatic hydroxyl groups is 1. The summed E-state index contributed by atoms with van der Waals surface area (Å²) >= 11 is 0.